The van der Waals surface area contributed by atoms with Crippen LogP contribution in [0.15, 0.2) is 0 Å². The molecule has 7 heavy (non-hydrogen) atoms. The minimum absolute atomic E-state index is 0.454. The van der Waals surface area contributed by atoms with Crippen LogP contribution < -0.4 is 0 Å². The van der Waals surface area contributed by atoms with Gasteiger partial charge in [-0.25, -0.2) is 0 Å². The van der Waals surface area contributed by atoms with E-state index in [0.29, 0.717) is 5.23 Å². The van der Waals surface area contributed by atoms with Gasteiger partial charge in [-0.1, -0.05) is 0 Å². The fourth-order valence-electron chi connectivity index (χ4n) is 0.149. The fourth-order valence-corrected chi connectivity index (χ4v) is 0.448. The Balaban J connectivity index is 2.34. The monoisotopic (exact) mass is 120 g/mol. The Kier molecular flexibility index (Phi) is 0.941. The number of nitrogens with zero attached hydrogens (tertiary/aromatic N) is 2. The minimum Gasteiger partial charge on any atom is -0.193 e. The summed E-state index contributed by atoms with van der Waals surface area (Å²) in [4.78, 5) is 0. The summed E-state index contributed by atoms with van der Waals surface area (Å²) >= 11 is -1.72. The van der Waals surface area contributed by atoms with Gasteiger partial charge in [-0.05, 0) is 5.23 Å². The van der Waals surface area contributed by atoms with Crippen molar-refractivity contribution in [2.24, 2.45) is 0 Å². The van der Waals surface area contributed by atoms with Crippen LogP contribution in [0, 0.1) is 11.5 Å². The van der Waals surface area contributed by atoms with Crippen LogP contribution in [0.4, 0.5) is 0 Å². The van der Waals surface area contributed by atoms with Gasteiger partial charge in [0.25, 0.3) is 0 Å². The van der Waals surface area contributed by atoms with E-state index in [4.69, 9.17) is 5.26 Å². The Bertz CT molecular complexity index is 130. The highest BCUT2D eigenvalue weighted by Crippen LogP contribution is 2.08. The van der Waals surface area contributed by atoms with E-state index in [0.717, 1.165) is 0 Å². The first kappa shape index (κ1) is 4.52. The first-order valence-corrected chi connectivity index (χ1v) is 2.31. The summed E-state index contributed by atoms with van der Waals surface area (Å²) in [5.41, 5.74) is 0. The topological polar surface area (TPSA) is 62.6 Å². The van der Waals surface area contributed by atoms with Crippen LogP contribution in [-0.4, -0.2) is 9.44 Å². The number of hydrogen-bond donors (Lipinski definition) is 0. The van der Waals surface area contributed by atoms with E-state index in [1.165, 1.54) is 6.19 Å². The van der Waals surface area contributed by atoms with Crippen LogP contribution in [0.5, 0.6) is 0 Å². The third kappa shape index (κ3) is 0.691. The van der Waals surface area contributed by atoms with E-state index in [1.54, 1.807) is 0 Å². The van der Waals surface area contributed by atoms with Crippen LogP contribution in [-0.2, 0) is 19.9 Å². The minimum atomic E-state index is -1.72. The van der Waals surface area contributed by atoms with Gasteiger partial charge in [-0.2, -0.15) is 9.47 Å². The third-order valence-corrected chi connectivity index (χ3v) is 0.853. The summed E-state index contributed by atoms with van der Waals surface area (Å²) in [5.74, 6) is 0. The summed E-state index contributed by atoms with van der Waals surface area (Å²) in [7, 11) is 0. The van der Waals surface area contributed by atoms with Gasteiger partial charge in [-0.3, -0.25) is 0 Å². The van der Waals surface area contributed by atoms with Crippen LogP contribution in [0.3, 0.4) is 0 Å². The molecule has 6 heteroatoms. The van der Waals surface area contributed by atoms with Crippen molar-refractivity contribution in [2.75, 3.05) is 0 Å². The molecule has 1 saturated heterocycles. The molecule has 0 atom stereocenters. The fraction of sp³-hybridized carbons (Fsp3) is 0. The van der Waals surface area contributed by atoms with Crippen LogP contribution in [0.25, 0.3) is 0 Å². The lowest BCUT2D eigenvalue weighted by Crippen LogP contribution is -2.32. The lowest BCUT2D eigenvalue weighted by Gasteiger charge is -2.16. The van der Waals surface area contributed by atoms with Crippen molar-refractivity contribution in [3.05, 3.63) is 0 Å². The van der Waals surface area contributed by atoms with E-state index in [1.807, 2.05) is 0 Å². The molecule has 0 bridgehead atoms. The predicted molar refractivity (Wildman–Crippen MR) is 17.8 cm³/mol. The molecule has 1 rings (SSSR count). The molecule has 0 radical (unpaired) electrons. The second-order valence-electron chi connectivity index (χ2n) is 0.710. The molecular weight excluding hydrogens is 120 g/mol. The molecule has 0 spiro atoms. The lowest BCUT2D eigenvalue weighted by atomic mass is 11.4. The lowest BCUT2D eigenvalue weighted by molar-refractivity contribution is -0.269. The maximum Gasteiger partial charge on any atom is 0.356 e. The van der Waals surface area contributed by atoms with Gasteiger partial charge in [0.1, 0.15) is 0 Å². The first-order chi connectivity index (χ1) is 3.33. The SMILES string of the molecule is N#CN1OS(=O)O1. The van der Waals surface area contributed by atoms with Crippen molar-refractivity contribution >= 4 is 11.4 Å². The second-order valence-corrected chi connectivity index (χ2v) is 1.42. The maximum atomic E-state index is 9.74. The first-order valence-electron chi connectivity index (χ1n) is 1.31. The van der Waals surface area contributed by atoms with Gasteiger partial charge < -0.3 is 0 Å². The Morgan fingerprint density at radius 1 is 1.71 bits per heavy atom. The van der Waals surface area contributed by atoms with E-state index < -0.39 is 11.4 Å². The van der Waals surface area contributed by atoms with E-state index >= 15 is 0 Å². The smallest absolute Gasteiger partial charge is 0.193 e. The van der Waals surface area contributed by atoms with Crippen molar-refractivity contribution in [3.8, 4) is 6.19 Å². The van der Waals surface area contributed by atoms with E-state index in [9.17, 15) is 4.21 Å². The standard InChI is InChI=1S/CN2O3S/c2-1-3-5-7(4)6-3. The molecule has 0 aromatic carbocycles. The summed E-state index contributed by atoms with van der Waals surface area (Å²) in [6.45, 7) is 0. The average Bonchev–Trinajstić information content (AvgIpc) is 1.58. The molecule has 1 aliphatic heterocycles. The number of hydroxylamine groups is 2. The summed E-state index contributed by atoms with van der Waals surface area (Å²) in [6.07, 6.45) is 1.43. The third-order valence-electron chi connectivity index (χ3n) is 0.339. The average molecular weight is 120 g/mol. The van der Waals surface area contributed by atoms with E-state index in [2.05, 4.69) is 8.57 Å². The highest BCUT2D eigenvalue weighted by molar-refractivity contribution is 7.75. The van der Waals surface area contributed by atoms with Crippen LogP contribution in [0.1, 0.15) is 0 Å². The van der Waals surface area contributed by atoms with Crippen molar-refractivity contribution in [1.82, 2.24) is 5.23 Å². The second kappa shape index (κ2) is 1.46. The number of hydrogen-bond acceptors (Lipinski definition) is 5. The molecule has 1 aliphatic rings. The number of rotatable bonds is 0. The maximum absolute atomic E-state index is 9.74. The molecule has 0 aromatic heterocycles. The Morgan fingerprint density at radius 2 is 2.29 bits per heavy atom. The molecule has 0 saturated carbocycles. The zero-order valence-corrected chi connectivity index (χ0v) is 3.84. The van der Waals surface area contributed by atoms with Gasteiger partial charge >= 0.3 is 11.4 Å². The number of nitriles is 1. The van der Waals surface area contributed by atoms with E-state index in [-0.39, 0.29) is 0 Å². The predicted octanol–water partition coefficient (Wildman–Crippen LogP) is -0.775. The molecule has 5 nitrogen and oxygen atoms in total. The van der Waals surface area contributed by atoms with Gasteiger partial charge in [0.05, 0.1) is 0 Å². The van der Waals surface area contributed by atoms with Crippen molar-refractivity contribution in [2.45, 2.75) is 0 Å². The Hall–Kier alpha value is -0.640. The van der Waals surface area contributed by atoms with Crippen LogP contribution >= 0.6 is 0 Å². The summed E-state index contributed by atoms with van der Waals surface area (Å²) < 4.78 is 17.8. The van der Waals surface area contributed by atoms with Gasteiger partial charge in [-0.15, -0.1) is 8.57 Å². The van der Waals surface area contributed by atoms with Crippen molar-refractivity contribution in [3.63, 3.8) is 0 Å². The van der Waals surface area contributed by atoms with Crippen molar-refractivity contribution < 1.29 is 12.8 Å². The molecule has 1 fully saturated rings. The molecule has 0 unspecified atom stereocenters. The van der Waals surface area contributed by atoms with Gasteiger partial charge in [0, 0.05) is 0 Å². The Labute approximate surface area is 41.8 Å². The van der Waals surface area contributed by atoms with Crippen LogP contribution in [0.2, 0.25) is 0 Å². The molecule has 0 N–H and O–H groups in total. The quantitative estimate of drug-likeness (QED) is 0.392. The largest absolute Gasteiger partial charge is 0.356 e. The highest BCUT2D eigenvalue weighted by Gasteiger charge is 2.24. The molecule has 38 valence electrons. The summed E-state index contributed by atoms with van der Waals surface area (Å²) in [6, 6.07) is 0. The highest BCUT2D eigenvalue weighted by atomic mass is 32.2. The van der Waals surface area contributed by atoms with Gasteiger partial charge in [0.15, 0.2) is 0 Å². The van der Waals surface area contributed by atoms with Gasteiger partial charge in [0.2, 0.25) is 6.19 Å². The molecule has 1 heterocycles. The molecule has 0 aliphatic carbocycles. The Morgan fingerprint density at radius 3 is 2.43 bits per heavy atom. The normalized spacial score (nSPS) is 20.7. The zero-order chi connectivity index (χ0) is 5.28. The molecular formula is CN2O3S. The zero-order valence-electron chi connectivity index (χ0n) is 3.03. The van der Waals surface area contributed by atoms with Crippen molar-refractivity contribution in [1.29, 1.82) is 5.26 Å². The summed E-state index contributed by atoms with van der Waals surface area (Å²) in [5, 5.41) is 8.25. The molecule has 0 aromatic rings. The molecule has 0 amide bonds.